The van der Waals surface area contributed by atoms with Crippen molar-refractivity contribution < 1.29 is 19.0 Å². The van der Waals surface area contributed by atoms with Crippen LogP contribution in [0.1, 0.15) is 11.1 Å². The molecule has 5 nitrogen and oxygen atoms in total. The Morgan fingerprint density at radius 1 is 1.27 bits per heavy atom. The van der Waals surface area contributed by atoms with Crippen molar-refractivity contribution in [3.63, 3.8) is 0 Å². The molecule has 0 unspecified atom stereocenters. The molecule has 112 valence electrons. The Kier molecular flexibility index (Phi) is 2.65. The van der Waals surface area contributed by atoms with Gasteiger partial charge in [0, 0.05) is 15.6 Å². The van der Waals surface area contributed by atoms with Crippen LogP contribution in [0.25, 0.3) is 0 Å². The van der Waals surface area contributed by atoms with Crippen molar-refractivity contribution in [3.05, 3.63) is 51.7 Å². The predicted octanol–water partition coefficient (Wildman–Crippen LogP) is 2.99. The van der Waals surface area contributed by atoms with E-state index < -0.39 is 11.4 Å². The van der Waals surface area contributed by atoms with Crippen LogP contribution >= 0.6 is 15.9 Å². The molecule has 3 N–H and O–H groups in total. The molecule has 0 aromatic heterocycles. The van der Waals surface area contributed by atoms with Crippen molar-refractivity contribution in [1.29, 1.82) is 0 Å². The molecule has 2 aliphatic rings. The van der Waals surface area contributed by atoms with Gasteiger partial charge in [-0.3, -0.25) is 0 Å². The van der Waals surface area contributed by atoms with Crippen molar-refractivity contribution >= 4 is 22.0 Å². The number of halogens is 2. The van der Waals surface area contributed by atoms with Crippen LogP contribution in [0, 0.1) is 5.82 Å². The van der Waals surface area contributed by atoms with Gasteiger partial charge >= 0.3 is 0 Å². The summed E-state index contributed by atoms with van der Waals surface area (Å²) in [6, 6.07) is 7.63. The number of nitrogens with two attached hydrogens (primary N) is 1. The second-order valence-electron chi connectivity index (χ2n) is 5.15. The van der Waals surface area contributed by atoms with Gasteiger partial charge in [0.15, 0.2) is 17.1 Å². The minimum Gasteiger partial charge on any atom is -0.508 e. The molecular formula is C15H10BrFN2O3. The van der Waals surface area contributed by atoms with Gasteiger partial charge in [0.2, 0.25) is 0 Å². The van der Waals surface area contributed by atoms with Gasteiger partial charge in [-0.2, -0.15) is 0 Å². The highest BCUT2D eigenvalue weighted by atomic mass is 79.9. The number of phenols is 1. The molecule has 7 heteroatoms. The molecule has 0 bridgehead atoms. The quantitative estimate of drug-likeness (QED) is 0.753. The summed E-state index contributed by atoms with van der Waals surface area (Å²) in [5.41, 5.74) is 5.74. The fraction of sp³-hybridized carbons (Fsp3) is 0.133. The van der Waals surface area contributed by atoms with Crippen molar-refractivity contribution in [2.75, 3.05) is 6.61 Å². The Balaban J connectivity index is 2.08. The minimum absolute atomic E-state index is 0.0162. The standard InChI is InChI=1S/C15H10BrFN2O3/c16-7-3-10-13(11(17)4-7)22-12-2-1-8(20)5-9(12)15(10)6-21-14(18)19-15/h1-5,20H,6H2,(H2,18,19)/t15-/m0/s1. The first-order valence-electron chi connectivity index (χ1n) is 6.48. The van der Waals surface area contributed by atoms with E-state index in [2.05, 4.69) is 20.9 Å². The van der Waals surface area contributed by atoms with Gasteiger partial charge in [0.25, 0.3) is 6.02 Å². The lowest BCUT2D eigenvalue weighted by Crippen LogP contribution is -2.31. The molecule has 4 rings (SSSR count). The first kappa shape index (κ1) is 13.4. The summed E-state index contributed by atoms with van der Waals surface area (Å²) in [6.07, 6.45) is 0. The van der Waals surface area contributed by atoms with Gasteiger partial charge in [-0.05, 0) is 30.3 Å². The lowest BCUT2D eigenvalue weighted by atomic mass is 9.81. The number of aromatic hydroxyl groups is 1. The summed E-state index contributed by atoms with van der Waals surface area (Å²) >= 11 is 3.28. The second kappa shape index (κ2) is 4.36. The Labute approximate surface area is 133 Å². The molecule has 0 fully saturated rings. The summed E-state index contributed by atoms with van der Waals surface area (Å²) in [4.78, 5) is 4.38. The third kappa shape index (κ3) is 1.72. The van der Waals surface area contributed by atoms with Crippen LogP contribution < -0.4 is 10.5 Å². The number of phenolic OH excluding ortho intramolecular Hbond substituents is 1. The molecular weight excluding hydrogens is 355 g/mol. The van der Waals surface area contributed by atoms with Gasteiger partial charge in [-0.1, -0.05) is 15.9 Å². The van der Waals surface area contributed by atoms with E-state index >= 15 is 0 Å². The van der Waals surface area contributed by atoms with Crippen LogP contribution in [0.3, 0.4) is 0 Å². The van der Waals surface area contributed by atoms with E-state index in [4.69, 9.17) is 15.2 Å². The SMILES string of the molecule is NC1=N[C@@]2(CO1)c1cc(O)ccc1Oc1c(F)cc(Br)cc12. The number of ether oxygens (including phenoxy) is 2. The smallest absolute Gasteiger partial charge is 0.283 e. The molecule has 0 amide bonds. The Morgan fingerprint density at radius 3 is 2.82 bits per heavy atom. The fourth-order valence-corrected chi connectivity index (χ4v) is 3.29. The Morgan fingerprint density at radius 2 is 2.09 bits per heavy atom. The van der Waals surface area contributed by atoms with Crippen molar-refractivity contribution in [1.82, 2.24) is 0 Å². The van der Waals surface area contributed by atoms with Crippen LogP contribution in [-0.2, 0) is 10.3 Å². The molecule has 2 heterocycles. The van der Waals surface area contributed by atoms with E-state index in [1.54, 1.807) is 12.1 Å². The molecule has 0 radical (unpaired) electrons. The molecule has 2 aromatic carbocycles. The summed E-state index contributed by atoms with van der Waals surface area (Å²) in [5, 5.41) is 9.80. The summed E-state index contributed by atoms with van der Waals surface area (Å²) in [5.74, 6) is 0.0430. The maximum Gasteiger partial charge on any atom is 0.283 e. The van der Waals surface area contributed by atoms with Crippen LogP contribution in [0.2, 0.25) is 0 Å². The van der Waals surface area contributed by atoms with E-state index in [-0.39, 0.29) is 24.1 Å². The zero-order valence-electron chi connectivity index (χ0n) is 11.1. The number of amidine groups is 1. The normalized spacial score (nSPS) is 21.6. The molecule has 1 atom stereocenters. The first-order valence-corrected chi connectivity index (χ1v) is 7.28. The maximum absolute atomic E-state index is 14.3. The highest BCUT2D eigenvalue weighted by molar-refractivity contribution is 9.10. The molecule has 2 aliphatic heterocycles. The van der Waals surface area contributed by atoms with Crippen LogP contribution in [-0.4, -0.2) is 17.7 Å². The molecule has 22 heavy (non-hydrogen) atoms. The number of nitrogens with zero attached hydrogens (tertiary/aromatic N) is 1. The number of fused-ring (bicyclic) bond motifs is 4. The van der Waals surface area contributed by atoms with Crippen LogP contribution in [0.4, 0.5) is 4.39 Å². The summed E-state index contributed by atoms with van der Waals surface area (Å²) in [6.45, 7) is 0.113. The van der Waals surface area contributed by atoms with Crippen molar-refractivity contribution in [3.8, 4) is 17.2 Å². The molecule has 1 spiro atoms. The van der Waals surface area contributed by atoms with E-state index in [0.717, 1.165) is 0 Å². The molecule has 0 saturated heterocycles. The summed E-state index contributed by atoms with van der Waals surface area (Å²) in [7, 11) is 0. The predicted molar refractivity (Wildman–Crippen MR) is 80.6 cm³/mol. The van der Waals surface area contributed by atoms with Gasteiger partial charge in [0.05, 0.1) is 0 Å². The average Bonchev–Trinajstić information content (AvgIpc) is 2.85. The van der Waals surface area contributed by atoms with Gasteiger partial charge in [-0.15, -0.1) is 0 Å². The lowest BCUT2D eigenvalue weighted by molar-refractivity contribution is 0.261. The monoisotopic (exact) mass is 364 g/mol. The molecule has 0 saturated carbocycles. The van der Waals surface area contributed by atoms with Gasteiger partial charge < -0.3 is 20.3 Å². The highest BCUT2D eigenvalue weighted by Gasteiger charge is 2.48. The maximum atomic E-state index is 14.3. The molecule has 0 aliphatic carbocycles. The van der Waals surface area contributed by atoms with Crippen molar-refractivity contribution in [2.45, 2.75) is 5.54 Å². The number of hydrogen-bond acceptors (Lipinski definition) is 5. The zero-order valence-corrected chi connectivity index (χ0v) is 12.7. The third-order valence-corrected chi connectivity index (χ3v) is 4.26. The zero-order chi connectivity index (χ0) is 15.5. The summed E-state index contributed by atoms with van der Waals surface area (Å²) < 4.78 is 25.9. The van der Waals surface area contributed by atoms with Crippen molar-refractivity contribution in [2.24, 2.45) is 10.7 Å². The number of hydrogen-bond donors (Lipinski definition) is 2. The van der Waals surface area contributed by atoms with E-state index in [9.17, 15) is 9.50 Å². The Bertz CT molecular complexity index is 840. The largest absolute Gasteiger partial charge is 0.508 e. The van der Waals surface area contributed by atoms with E-state index in [1.165, 1.54) is 18.2 Å². The fourth-order valence-electron chi connectivity index (χ4n) is 2.86. The highest BCUT2D eigenvalue weighted by Crippen LogP contribution is 2.52. The lowest BCUT2D eigenvalue weighted by Gasteiger charge is -2.33. The first-order chi connectivity index (χ1) is 10.5. The van der Waals surface area contributed by atoms with E-state index in [0.29, 0.717) is 21.3 Å². The third-order valence-electron chi connectivity index (χ3n) is 3.80. The second-order valence-corrected chi connectivity index (χ2v) is 6.06. The number of benzene rings is 2. The van der Waals surface area contributed by atoms with E-state index in [1.807, 2.05) is 0 Å². The average molecular weight is 365 g/mol. The van der Waals surface area contributed by atoms with Crippen LogP contribution in [0.5, 0.6) is 17.2 Å². The van der Waals surface area contributed by atoms with Gasteiger partial charge in [-0.25, -0.2) is 9.38 Å². The number of rotatable bonds is 0. The minimum atomic E-state index is -1.03. The topological polar surface area (TPSA) is 77.1 Å². The molecule has 2 aromatic rings. The van der Waals surface area contributed by atoms with Crippen LogP contribution in [0.15, 0.2) is 39.8 Å². The Hall–Kier alpha value is -2.28. The number of aliphatic imine (C=N–C) groups is 1. The van der Waals surface area contributed by atoms with Gasteiger partial charge in [0.1, 0.15) is 18.1 Å².